The Balaban J connectivity index is 0.634. The standard InChI is InChI=1S/C91H118N26O18/c1-4-7-28-75(119)94-57-42-71-89(133)113-40-17-26-69(113)87(131)111-38-14-23-66(111)84(128)107-34-10-19-62(107)74(118)32-31-56-47-103(100-97-56)53-78(122)106-33-13-22-65(106)83(127)110-37-16-25-68(110)86(130)112-39-15-24-67(112)85(129)108-35-11-20-63(108)81(125)92-45-60-48-104(101-98-60)55-80(124)116-51-58(95-76(120)29-8-5-2)43-72(116)90(134)114-41-18-27-70(114)88(132)117-52-59(96-77(121)30-9-6-3)44-73(117)91(135)109-36-12-21-64(109)82(126)93-46-61-49-105(102-99-61)54-79(123)115(71)50-57/h1-3,47-49,57-59,62-73H,7-46,50-55H2,(H,92,125)(H,93,126)(H,94,119)(H,95,120)(H,96,121)/t57-,58-,59-,62+,63+,64+,65+,66+,67+,68+,69+,70+,71+,72+,73+/m1/s1. The van der Waals surface area contributed by atoms with Gasteiger partial charge in [-0.05, 0) is 135 Å². The first-order valence-electron chi connectivity index (χ1n) is 47.8. The lowest BCUT2D eigenvalue weighted by Crippen LogP contribution is -2.57. The monoisotopic (exact) mass is 1860 g/mol. The summed E-state index contributed by atoms with van der Waals surface area (Å²) in [7, 11) is 0. The normalized spacial score (nSPS) is 29.4. The van der Waals surface area contributed by atoms with E-state index in [9.17, 15) is 62.3 Å². The molecule has 0 aliphatic carbocycles. The molecule has 0 unspecified atom stereocenters. The van der Waals surface area contributed by atoms with Crippen LogP contribution >= 0.6 is 0 Å². The van der Waals surface area contributed by atoms with Crippen molar-refractivity contribution in [3.63, 3.8) is 0 Å². The number of hydrogen-bond donors (Lipinski definition) is 5. The molecule has 5 N–H and O–H groups in total. The van der Waals surface area contributed by atoms with E-state index in [1.54, 1.807) is 11.1 Å². The first-order chi connectivity index (χ1) is 65.2. The van der Waals surface area contributed by atoms with Gasteiger partial charge in [0.15, 0.2) is 5.78 Å². The largest absolute Gasteiger partial charge is 0.351 e. The Kier molecular flexibility index (Phi) is 29.6. The molecule has 13 aliphatic rings. The van der Waals surface area contributed by atoms with Gasteiger partial charge in [-0.3, -0.25) is 86.3 Å². The van der Waals surface area contributed by atoms with E-state index < -0.39 is 192 Å². The fraction of sp³-hybridized carbons (Fsp3) is 0.670. The predicted octanol–water partition coefficient (Wildman–Crippen LogP) is -3.97. The Morgan fingerprint density at radius 3 is 0.904 bits per heavy atom. The van der Waals surface area contributed by atoms with Gasteiger partial charge in [0.25, 0.3) is 0 Å². The third-order valence-corrected chi connectivity index (χ3v) is 29.0. The highest BCUT2D eigenvalue weighted by atomic mass is 16.2. The van der Waals surface area contributed by atoms with Gasteiger partial charge < -0.3 is 85.4 Å². The van der Waals surface area contributed by atoms with Gasteiger partial charge in [0.1, 0.15) is 97.5 Å². The number of hydrogen-bond acceptors (Lipinski definition) is 24. The van der Waals surface area contributed by atoms with E-state index in [0.29, 0.717) is 102 Å². The summed E-state index contributed by atoms with van der Waals surface area (Å²) in [5.74, 6) is -1.23. The molecule has 3 aromatic heterocycles. The highest BCUT2D eigenvalue weighted by molar-refractivity contribution is 6.01. The molecule has 13 aliphatic heterocycles. The maximum atomic E-state index is 15.5. The maximum Gasteiger partial charge on any atom is 0.246 e. The average Bonchev–Trinajstić information content (AvgIpc) is 1.63. The van der Waals surface area contributed by atoms with Crippen LogP contribution in [0.15, 0.2) is 18.6 Å². The molecule has 12 saturated heterocycles. The highest BCUT2D eigenvalue weighted by Gasteiger charge is 2.55. The lowest BCUT2D eigenvalue weighted by Gasteiger charge is -2.35. The molecule has 44 nitrogen and oxygen atoms in total. The Morgan fingerprint density at radius 1 is 0.311 bits per heavy atom. The van der Waals surface area contributed by atoms with Crippen molar-refractivity contribution < 1.29 is 86.3 Å². The molecule has 0 spiro atoms. The second-order valence-electron chi connectivity index (χ2n) is 37.6. The second-order valence-corrected chi connectivity index (χ2v) is 37.6. The van der Waals surface area contributed by atoms with E-state index in [2.05, 4.69) is 75.3 Å². The second kappa shape index (κ2) is 42.1. The molecule has 15 atom stereocenters. The zero-order valence-electron chi connectivity index (χ0n) is 75.9. The molecule has 0 radical (unpaired) electrons. The number of ketones is 1. The smallest absolute Gasteiger partial charge is 0.246 e. The minimum absolute atomic E-state index is 0.0186. The molecule has 0 saturated carbocycles. The summed E-state index contributed by atoms with van der Waals surface area (Å²) < 4.78 is 3.80. The number of Topliss-reactive ketones (excluding diaryl/α,β-unsaturated/α-hetero) is 1. The van der Waals surface area contributed by atoms with Crippen molar-refractivity contribution in [2.45, 2.75) is 310 Å². The molecular weight excluding hydrogens is 1750 g/mol. The Bertz CT molecular complexity index is 5260. The van der Waals surface area contributed by atoms with Gasteiger partial charge in [0.2, 0.25) is 100 Å². The van der Waals surface area contributed by atoms with Crippen LogP contribution < -0.4 is 26.6 Å². The molecule has 0 aromatic carbocycles. The van der Waals surface area contributed by atoms with Crippen LogP contribution in [0.4, 0.5) is 0 Å². The number of amides is 17. The van der Waals surface area contributed by atoms with Crippen LogP contribution in [-0.4, -0.2) is 379 Å². The quantitative estimate of drug-likeness (QED) is 0.128. The molecule has 720 valence electrons. The highest BCUT2D eigenvalue weighted by Crippen LogP contribution is 2.37. The molecule has 17 amide bonds. The lowest BCUT2D eigenvalue weighted by molar-refractivity contribution is -0.152. The van der Waals surface area contributed by atoms with Crippen molar-refractivity contribution in [3.8, 4) is 37.0 Å². The molecule has 135 heavy (non-hydrogen) atoms. The number of aromatic nitrogens is 9. The van der Waals surface area contributed by atoms with E-state index >= 15 is 24.0 Å². The van der Waals surface area contributed by atoms with Gasteiger partial charge in [-0.1, -0.05) is 15.6 Å². The lowest BCUT2D eigenvalue weighted by atomic mass is 10.0. The van der Waals surface area contributed by atoms with Crippen LogP contribution in [0.1, 0.15) is 197 Å². The maximum absolute atomic E-state index is 15.5. The van der Waals surface area contributed by atoms with Crippen LogP contribution in [0.2, 0.25) is 0 Å². The summed E-state index contributed by atoms with van der Waals surface area (Å²) in [5, 5.41) is 39.8. The van der Waals surface area contributed by atoms with Gasteiger partial charge in [0.05, 0.1) is 37.2 Å². The summed E-state index contributed by atoms with van der Waals surface area (Å²) >= 11 is 0. The average molecular weight is 1860 g/mol. The van der Waals surface area contributed by atoms with E-state index in [1.165, 1.54) is 80.3 Å². The Hall–Kier alpha value is -13.2. The number of rotatable bonds is 9. The fourth-order valence-corrected chi connectivity index (χ4v) is 22.4. The molecule has 6 bridgehead atoms. The van der Waals surface area contributed by atoms with Crippen molar-refractivity contribution in [2.75, 3.05) is 78.5 Å². The van der Waals surface area contributed by atoms with Gasteiger partial charge in [0, 0.05) is 154 Å². The SMILES string of the molecule is C#CCCC(=O)N[C@@H]1C[C@H]2C(=O)N3CCC[C@H]3C(=O)N3CCC[C@H]3C(=O)N3CCC[C@H]3C(=O)CCc3cn(nn3)CC(=O)N3CCC[C@H]3C(=O)N3CCC[C@H]3C(=O)N3CCC[C@H]3C(=O)N3CCC[C@H]3C(=O)NCc3cn(nn3)CC(=O)N3C[C@H](NC(=O)CCC#C)C[C@H]3C(=O)N3CCC[C@H]3C(=O)N3C[C@H](NC(=O)CCC#C)C[C@H]3C(=O)N3CCC[C@H]3C(=O)NCc3cn(nn3)CC(=O)N2C1. The van der Waals surface area contributed by atoms with Crippen LogP contribution in [0.25, 0.3) is 0 Å². The zero-order valence-corrected chi connectivity index (χ0v) is 75.9. The molecule has 16 heterocycles. The van der Waals surface area contributed by atoms with Gasteiger partial charge >= 0.3 is 0 Å². The summed E-state index contributed by atoms with van der Waals surface area (Å²) in [6, 6.07) is -14.5. The summed E-state index contributed by atoms with van der Waals surface area (Å²) in [4.78, 5) is 280. The van der Waals surface area contributed by atoms with Crippen molar-refractivity contribution in [2.24, 2.45) is 0 Å². The zero-order chi connectivity index (χ0) is 95.0. The number of nitrogens with zero attached hydrogens (tertiary/aromatic N) is 21. The first kappa shape index (κ1) is 94.9. The van der Waals surface area contributed by atoms with Crippen LogP contribution in [0.5, 0.6) is 0 Å². The van der Waals surface area contributed by atoms with Crippen molar-refractivity contribution in [1.29, 1.82) is 0 Å². The van der Waals surface area contributed by atoms with E-state index in [-0.39, 0.29) is 217 Å². The Morgan fingerprint density at radius 2 is 0.563 bits per heavy atom. The molecular formula is C91H118N26O18. The van der Waals surface area contributed by atoms with Crippen molar-refractivity contribution in [1.82, 2.24) is 130 Å². The van der Waals surface area contributed by atoms with E-state index in [1.807, 2.05) is 0 Å². The van der Waals surface area contributed by atoms with Crippen LogP contribution in [0, 0.1) is 37.0 Å². The fourth-order valence-electron chi connectivity index (χ4n) is 22.4. The third-order valence-electron chi connectivity index (χ3n) is 29.0. The Labute approximate surface area is 780 Å². The molecule has 12 fully saturated rings. The molecule has 44 heteroatoms. The molecule has 16 rings (SSSR count). The van der Waals surface area contributed by atoms with Gasteiger partial charge in [-0.25, -0.2) is 14.0 Å². The number of terminal acetylenes is 3. The van der Waals surface area contributed by atoms with Gasteiger partial charge in [-0.2, -0.15) is 0 Å². The van der Waals surface area contributed by atoms with Gasteiger partial charge in [-0.15, -0.1) is 52.3 Å². The third kappa shape index (κ3) is 20.7. The minimum atomic E-state index is -1.25. The molecule has 3 aromatic rings. The summed E-state index contributed by atoms with van der Waals surface area (Å²) in [5.41, 5.74) is 0.838. The number of carbonyl (C=O) groups excluding carboxylic acids is 18. The van der Waals surface area contributed by atoms with E-state index in [4.69, 9.17) is 19.3 Å². The van der Waals surface area contributed by atoms with Crippen molar-refractivity contribution >= 4 is 106 Å². The van der Waals surface area contributed by atoms with E-state index in [0.717, 1.165) is 0 Å². The minimum Gasteiger partial charge on any atom is -0.351 e. The number of fused-ring (bicyclic) bond motifs is 18. The summed E-state index contributed by atoms with van der Waals surface area (Å²) in [6.07, 6.45) is 27.9. The first-order valence-corrected chi connectivity index (χ1v) is 47.8. The number of carbonyl (C=O) groups is 18. The summed E-state index contributed by atoms with van der Waals surface area (Å²) in [6.45, 7) is -0.240. The topological polar surface area (TPSA) is 498 Å². The van der Waals surface area contributed by atoms with Crippen molar-refractivity contribution in [3.05, 3.63) is 35.7 Å². The number of aryl methyl sites for hydroxylation is 1. The number of nitrogens with one attached hydrogen (secondary N) is 5. The predicted molar refractivity (Wildman–Crippen MR) is 470 cm³/mol. The van der Waals surface area contributed by atoms with Crippen LogP contribution in [0.3, 0.4) is 0 Å². The van der Waals surface area contributed by atoms with Crippen LogP contribution in [-0.2, 0) is 125 Å².